The Morgan fingerprint density at radius 3 is 2.67 bits per heavy atom. The predicted molar refractivity (Wildman–Crippen MR) is 106 cm³/mol. The Kier molecular flexibility index (Phi) is 7.83. The fourth-order valence-corrected chi connectivity index (χ4v) is 4.02. The molecule has 2 amide bonds. The number of H-pyrrole nitrogens is 1. The number of carbonyl (C=O) groups excluding carboxylic acids is 2. The van der Waals surface area contributed by atoms with Crippen molar-refractivity contribution in [2.75, 3.05) is 6.54 Å². The molecular weight excluding hydrogens is 342 g/mol. The van der Waals surface area contributed by atoms with Crippen molar-refractivity contribution in [1.29, 1.82) is 0 Å². The van der Waals surface area contributed by atoms with E-state index in [1.54, 1.807) is 19.4 Å². The van der Waals surface area contributed by atoms with Crippen LogP contribution < -0.4 is 16.4 Å². The van der Waals surface area contributed by atoms with Crippen molar-refractivity contribution in [1.82, 2.24) is 20.6 Å². The summed E-state index contributed by atoms with van der Waals surface area (Å²) in [6.45, 7) is 8.64. The van der Waals surface area contributed by atoms with Crippen molar-refractivity contribution in [2.45, 2.75) is 65.5 Å². The number of carbonyl (C=O) groups is 2. The van der Waals surface area contributed by atoms with Gasteiger partial charge in [0.1, 0.15) is 0 Å². The first-order valence-electron chi connectivity index (χ1n) is 10.1. The quantitative estimate of drug-likeness (QED) is 0.551. The van der Waals surface area contributed by atoms with E-state index >= 15 is 0 Å². The lowest BCUT2D eigenvalue weighted by atomic mass is 9.70. The van der Waals surface area contributed by atoms with Crippen molar-refractivity contribution in [2.24, 2.45) is 29.4 Å². The molecule has 0 aliphatic heterocycles. The maximum atomic E-state index is 12.9. The van der Waals surface area contributed by atoms with Gasteiger partial charge in [-0.05, 0) is 37.5 Å². The molecule has 1 aromatic heterocycles. The van der Waals surface area contributed by atoms with Gasteiger partial charge in [-0.2, -0.15) is 0 Å². The number of nitrogens with two attached hydrogens (primary N) is 1. The molecule has 0 saturated heterocycles. The molecule has 1 saturated carbocycles. The maximum Gasteiger partial charge on any atom is 0.236 e. The lowest BCUT2D eigenvalue weighted by Crippen LogP contribution is -2.51. The number of amides is 2. The van der Waals surface area contributed by atoms with Gasteiger partial charge < -0.3 is 21.4 Å². The molecule has 152 valence electrons. The molecule has 0 aromatic carbocycles. The Hall–Kier alpha value is -1.89. The number of nitrogens with zero attached hydrogens (tertiary/aromatic N) is 1. The molecule has 7 heteroatoms. The average molecular weight is 378 g/mol. The number of imidazole rings is 1. The fraction of sp³-hybridized carbons (Fsp3) is 0.750. The molecule has 0 unspecified atom stereocenters. The van der Waals surface area contributed by atoms with Gasteiger partial charge in [0.2, 0.25) is 11.8 Å². The third-order valence-electron chi connectivity index (χ3n) is 5.65. The molecule has 2 rings (SSSR count). The van der Waals surface area contributed by atoms with Crippen LogP contribution in [0.25, 0.3) is 0 Å². The Morgan fingerprint density at radius 1 is 1.33 bits per heavy atom. The second-order valence-electron chi connectivity index (χ2n) is 8.44. The third-order valence-corrected chi connectivity index (χ3v) is 5.65. The van der Waals surface area contributed by atoms with Gasteiger partial charge in [0.15, 0.2) is 0 Å². The van der Waals surface area contributed by atoms with Gasteiger partial charge in [-0.1, -0.05) is 27.2 Å². The molecule has 5 atom stereocenters. The highest BCUT2D eigenvalue weighted by Gasteiger charge is 2.35. The summed E-state index contributed by atoms with van der Waals surface area (Å²) in [4.78, 5) is 32.1. The molecule has 0 bridgehead atoms. The highest BCUT2D eigenvalue weighted by molar-refractivity contribution is 5.82. The first-order chi connectivity index (χ1) is 12.8. The summed E-state index contributed by atoms with van der Waals surface area (Å²) < 4.78 is 0. The Labute approximate surface area is 162 Å². The molecule has 1 aromatic rings. The molecule has 27 heavy (non-hydrogen) atoms. The number of aromatic amines is 1. The molecule has 1 aliphatic carbocycles. The van der Waals surface area contributed by atoms with E-state index in [1.165, 1.54) is 6.42 Å². The molecule has 5 N–H and O–H groups in total. The smallest absolute Gasteiger partial charge is 0.236 e. The largest absolute Gasteiger partial charge is 0.354 e. The zero-order valence-electron chi connectivity index (χ0n) is 17.0. The number of rotatable bonds is 8. The number of hydrogen-bond acceptors (Lipinski definition) is 4. The predicted octanol–water partition coefficient (Wildman–Crippen LogP) is 1.61. The SMILES string of the molecule is CC(C)[C@@H]1CC[C@@H](C)C[C@H]1C(=O)NC[C@H](Cc1c[nH]cn1)NC(=O)[C@@H](C)N. The van der Waals surface area contributed by atoms with Crippen LogP contribution in [0.5, 0.6) is 0 Å². The van der Waals surface area contributed by atoms with E-state index in [2.05, 4.69) is 41.4 Å². The van der Waals surface area contributed by atoms with Crippen LogP contribution >= 0.6 is 0 Å². The highest BCUT2D eigenvalue weighted by Crippen LogP contribution is 2.38. The zero-order chi connectivity index (χ0) is 20.0. The standard InChI is InChI=1S/C20H35N5O2/c1-12(2)17-6-5-13(3)7-18(17)20(27)23-10-16(25-19(26)14(4)21)8-15-9-22-11-24-15/h9,11-14,16-18H,5-8,10,21H2,1-4H3,(H,22,24)(H,23,27)(H,25,26)/t13-,14-,16+,17+,18-/m1/s1. The van der Waals surface area contributed by atoms with E-state index < -0.39 is 6.04 Å². The van der Waals surface area contributed by atoms with Crippen LogP contribution in [0.1, 0.15) is 52.7 Å². The van der Waals surface area contributed by atoms with E-state index in [0.29, 0.717) is 30.7 Å². The van der Waals surface area contributed by atoms with E-state index in [-0.39, 0.29) is 23.8 Å². The molecule has 1 fully saturated rings. The number of aromatic nitrogens is 2. The van der Waals surface area contributed by atoms with Crippen molar-refractivity contribution < 1.29 is 9.59 Å². The van der Waals surface area contributed by atoms with Crippen LogP contribution in [-0.2, 0) is 16.0 Å². The van der Waals surface area contributed by atoms with E-state index in [4.69, 9.17) is 5.73 Å². The highest BCUT2D eigenvalue weighted by atomic mass is 16.2. The van der Waals surface area contributed by atoms with E-state index in [1.807, 2.05) is 0 Å². The van der Waals surface area contributed by atoms with Gasteiger partial charge in [0.25, 0.3) is 0 Å². The molecule has 7 nitrogen and oxygen atoms in total. The lowest BCUT2D eigenvalue weighted by molar-refractivity contribution is -0.130. The van der Waals surface area contributed by atoms with Crippen molar-refractivity contribution >= 4 is 11.8 Å². The van der Waals surface area contributed by atoms with Gasteiger partial charge >= 0.3 is 0 Å². The Morgan fingerprint density at radius 2 is 2.07 bits per heavy atom. The number of nitrogens with one attached hydrogen (secondary N) is 3. The molecular formula is C20H35N5O2. The normalized spacial score (nSPS) is 25.0. The van der Waals surface area contributed by atoms with E-state index in [0.717, 1.165) is 18.5 Å². The molecule has 0 radical (unpaired) electrons. The van der Waals surface area contributed by atoms with Gasteiger partial charge in [0.05, 0.1) is 24.1 Å². The van der Waals surface area contributed by atoms with Crippen molar-refractivity contribution in [3.05, 3.63) is 18.2 Å². The van der Waals surface area contributed by atoms with Crippen LogP contribution in [0.2, 0.25) is 0 Å². The van der Waals surface area contributed by atoms with Crippen LogP contribution in [0.4, 0.5) is 0 Å². The monoisotopic (exact) mass is 377 g/mol. The van der Waals surface area contributed by atoms with Crippen LogP contribution in [0.3, 0.4) is 0 Å². The minimum absolute atomic E-state index is 0.0453. The zero-order valence-corrected chi connectivity index (χ0v) is 17.0. The average Bonchev–Trinajstić information content (AvgIpc) is 3.11. The first-order valence-corrected chi connectivity index (χ1v) is 10.1. The van der Waals surface area contributed by atoms with Crippen LogP contribution in [-0.4, -0.2) is 40.4 Å². The summed E-state index contributed by atoms with van der Waals surface area (Å²) in [7, 11) is 0. The second-order valence-corrected chi connectivity index (χ2v) is 8.44. The van der Waals surface area contributed by atoms with Gasteiger partial charge in [-0.25, -0.2) is 4.98 Å². The molecule has 1 heterocycles. The second kappa shape index (κ2) is 9.88. The minimum Gasteiger partial charge on any atom is -0.354 e. The summed E-state index contributed by atoms with van der Waals surface area (Å²) in [5, 5.41) is 6.01. The fourth-order valence-electron chi connectivity index (χ4n) is 4.02. The van der Waals surface area contributed by atoms with Crippen LogP contribution in [0, 0.1) is 23.7 Å². The first kappa shape index (κ1) is 21.4. The molecule has 1 aliphatic rings. The van der Waals surface area contributed by atoms with Crippen molar-refractivity contribution in [3.63, 3.8) is 0 Å². The Bertz CT molecular complexity index is 600. The summed E-state index contributed by atoms with van der Waals surface area (Å²) in [5.41, 5.74) is 6.51. The summed E-state index contributed by atoms with van der Waals surface area (Å²) in [5.74, 6) is 1.41. The molecule has 0 spiro atoms. The van der Waals surface area contributed by atoms with Gasteiger partial charge in [-0.3, -0.25) is 9.59 Å². The van der Waals surface area contributed by atoms with Crippen LogP contribution in [0.15, 0.2) is 12.5 Å². The third kappa shape index (κ3) is 6.34. The summed E-state index contributed by atoms with van der Waals surface area (Å²) in [6.07, 6.45) is 7.18. The summed E-state index contributed by atoms with van der Waals surface area (Å²) in [6, 6.07) is -0.832. The lowest BCUT2D eigenvalue weighted by Gasteiger charge is -2.36. The van der Waals surface area contributed by atoms with E-state index in [9.17, 15) is 9.59 Å². The maximum absolute atomic E-state index is 12.9. The van der Waals surface area contributed by atoms with Crippen molar-refractivity contribution in [3.8, 4) is 0 Å². The summed E-state index contributed by atoms with van der Waals surface area (Å²) >= 11 is 0. The number of hydrogen-bond donors (Lipinski definition) is 4. The Balaban J connectivity index is 1.98. The van der Waals surface area contributed by atoms with Gasteiger partial charge in [0, 0.05) is 25.1 Å². The topological polar surface area (TPSA) is 113 Å². The van der Waals surface area contributed by atoms with Gasteiger partial charge in [-0.15, -0.1) is 0 Å². The minimum atomic E-state index is -0.591.